The number of halogens is 3. The first-order valence-electron chi connectivity index (χ1n) is 12.9. The lowest BCUT2D eigenvalue weighted by Gasteiger charge is -2.56. The van der Waals surface area contributed by atoms with E-state index in [0.717, 1.165) is 54.7 Å². The Kier molecular flexibility index (Phi) is 5.88. The van der Waals surface area contributed by atoms with Gasteiger partial charge in [0.05, 0.1) is 12.2 Å². The Balaban J connectivity index is 1.12. The van der Waals surface area contributed by atoms with E-state index in [4.69, 9.17) is 0 Å². The quantitative estimate of drug-likeness (QED) is 0.599. The maximum atomic E-state index is 13.1. The number of carbonyl (C=O) groups excluding carboxylic acids is 2. The van der Waals surface area contributed by atoms with Gasteiger partial charge in [0.25, 0.3) is 5.91 Å². The molecule has 1 aromatic carbocycles. The van der Waals surface area contributed by atoms with Gasteiger partial charge in [0.2, 0.25) is 5.91 Å². The number of rotatable bonds is 5. The first kappa shape index (κ1) is 24.2. The number of hydrogen-bond acceptors (Lipinski definition) is 5. The Bertz CT molecular complexity index is 1200. The number of nitrogens with zero attached hydrogens (tertiary/aromatic N) is 3. The van der Waals surface area contributed by atoms with E-state index in [1.54, 1.807) is 0 Å². The van der Waals surface area contributed by atoms with Crippen LogP contribution in [0.2, 0.25) is 0 Å². The summed E-state index contributed by atoms with van der Waals surface area (Å²) in [6, 6.07) is 5.05. The summed E-state index contributed by atoms with van der Waals surface area (Å²) in [6.07, 6.45) is 4.95. The number of fused-ring (bicyclic) bond motifs is 1. The standard InChI is InChI=1S/C27H29F3N4O3/c28-27(29,30)37-20-3-1-2-19(9-20)25(36)34-5-4-21-22(14-34)31-15-32-24(21)33-23(35)13-26-10-16-6-17(11-26)8-18(7-16)12-26/h1-3,9,15-18H,4-8,10-14H2,(H,31,32,33,35). The summed E-state index contributed by atoms with van der Waals surface area (Å²) >= 11 is 0. The highest BCUT2D eigenvalue weighted by molar-refractivity contribution is 5.95. The van der Waals surface area contributed by atoms with E-state index in [1.165, 1.54) is 42.6 Å². The molecule has 7 nitrogen and oxygen atoms in total. The molecule has 4 fully saturated rings. The normalized spacial score (nSPS) is 28.1. The van der Waals surface area contributed by atoms with Crippen molar-refractivity contribution in [3.8, 4) is 5.75 Å². The lowest BCUT2D eigenvalue weighted by atomic mass is 9.49. The zero-order chi connectivity index (χ0) is 25.8. The van der Waals surface area contributed by atoms with Crippen LogP contribution in [-0.4, -0.2) is 39.6 Å². The van der Waals surface area contributed by atoms with Crippen molar-refractivity contribution in [2.45, 2.75) is 64.3 Å². The van der Waals surface area contributed by atoms with Crippen molar-refractivity contribution >= 4 is 17.6 Å². The van der Waals surface area contributed by atoms with Crippen LogP contribution >= 0.6 is 0 Å². The van der Waals surface area contributed by atoms with Crippen LogP contribution in [0.4, 0.5) is 19.0 Å². The molecule has 0 spiro atoms. The van der Waals surface area contributed by atoms with E-state index in [0.29, 0.717) is 30.9 Å². The number of amides is 2. The van der Waals surface area contributed by atoms with Crippen LogP contribution < -0.4 is 10.1 Å². The molecule has 0 radical (unpaired) electrons. The van der Waals surface area contributed by atoms with Crippen LogP contribution in [0.5, 0.6) is 5.75 Å². The summed E-state index contributed by atoms with van der Waals surface area (Å²) in [5.74, 6) is 1.95. The lowest BCUT2D eigenvalue weighted by Crippen LogP contribution is -2.47. The molecule has 0 unspecified atom stereocenters. The van der Waals surface area contributed by atoms with Gasteiger partial charge in [-0.25, -0.2) is 9.97 Å². The number of ether oxygens (including phenoxy) is 1. The third-order valence-electron chi connectivity index (χ3n) is 8.57. The number of anilines is 1. The van der Waals surface area contributed by atoms with Crippen LogP contribution in [0, 0.1) is 23.2 Å². The molecular formula is C27H29F3N4O3. The van der Waals surface area contributed by atoms with Gasteiger partial charge < -0.3 is 15.0 Å². The van der Waals surface area contributed by atoms with Crippen LogP contribution in [0.15, 0.2) is 30.6 Å². The first-order valence-corrected chi connectivity index (χ1v) is 12.9. The summed E-state index contributed by atoms with van der Waals surface area (Å²) in [7, 11) is 0. The summed E-state index contributed by atoms with van der Waals surface area (Å²) in [6.45, 7) is 0.514. The number of nitrogens with one attached hydrogen (secondary N) is 1. The molecule has 2 amide bonds. The summed E-state index contributed by atoms with van der Waals surface area (Å²) in [5, 5.41) is 3.03. The molecule has 2 aromatic rings. The number of aromatic nitrogens is 2. The lowest BCUT2D eigenvalue weighted by molar-refractivity contribution is -0.274. The van der Waals surface area contributed by atoms with Gasteiger partial charge in [0.1, 0.15) is 17.9 Å². The second kappa shape index (κ2) is 8.99. The number of alkyl halides is 3. The highest BCUT2D eigenvalue weighted by atomic mass is 19.4. The van der Waals surface area contributed by atoms with Crippen LogP contribution in [0.3, 0.4) is 0 Å². The smallest absolute Gasteiger partial charge is 0.406 e. The minimum absolute atomic E-state index is 0.0113. The average molecular weight is 515 g/mol. The summed E-state index contributed by atoms with van der Waals surface area (Å²) < 4.78 is 41.7. The second-order valence-corrected chi connectivity index (χ2v) is 11.3. The van der Waals surface area contributed by atoms with E-state index in [1.807, 2.05) is 0 Å². The molecule has 5 aliphatic rings. The Labute approximate surface area is 212 Å². The second-order valence-electron chi connectivity index (χ2n) is 11.3. The fourth-order valence-corrected chi connectivity index (χ4v) is 7.67. The molecule has 4 saturated carbocycles. The molecule has 10 heteroatoms. The molecule has 37 heavy (non-hydrogen) atoms. The summed E-state index contributed by atoms with van der Waals surface area (Å²) in [4.78, 5) is 36.4. The first-order chi connectivity index (χ1) is 17.6. The number of hydrogen-bond donors (Lipinski definition) is 1. The van der Waals surface area contributed by atoms with Crippen molar-refractivity contribution in [3.05, 3.63) is 47.4 Å². The molecule has 4 aliphatic carbocycles. The molecule has 1 aromatic heterocycles. The van der Waals surface area contributed by atoms with Gasteiger partial charge >= 0.3 is 6.36 Å². The van der Waals surface area contributed by atoms with E-state index in [2.05, 4.69) is 20.0 Å². The molecule has 7 rings (SSSR count). The van der Waals surface area contributed by atoms with Crippen molar-refractivity contribution in [2.75, 3.05) is 11.9 Å². The SMILES string of the molecule is O=C(CC12CC3CC(CC(C3)C1)C2)Nc1ncnc2c1CCN(C(=O)c1cccc(OC(F)(F)F)c1)C2. The fraction of sp³-hybridized carbons (Fsp3) is 0.556. The van der Waals surface area contributed by atoms with Crippen LogP contribution in [0.25, 0.3) is 0 Å². The maximum absolute atomic E-state index is 13.1. The van der Waals surface area contributed by atoms with Gasteiger partial charge in [-0.1, -0.05) is 6.07 Å². The molecule has 1 N–H and O–H groups in total. The Morgan fingerprint density at radius 3 is 2.46 bits per heavy atom. The van der Waals surface area contributed by atoms with Crippen molar-refractivity contribution in [1.82, 2.24) is 14.9 Å². The predicted octanol–water partition coefficient (Wildman–Crippen LogP) is 5.12. The largest absolute Gasteiger partial charge is 0.573 e. The number of carbonyl (C=O) groups is 2. The molecule has 0 saturated heterocycles. The van der Waals surface area contributed by atoms with Gasteiger partial charge in [-0.15, -0.1) is 13.2 Å². The molecule has 1 aliphatic heterocycles. The minimum Gasteiger partial charge on any atom is -0.406 e. The van der Waals surface area contributed by atoms with Gasteiger partial charge in [0, 0.05) is 24.1 Å². The van der Waals surface area contributed by atoms with Crippen molar-refractivity contribution in [3.63, 3.8) is 0 Å². The predicted molar refractivity (Wildman–Crippen MR) is 127 cm³/mol. The molecular weight excluding hydrogens is 485 g/mol. The van der Waals surface area contributed by atoms with Crippen LogP contribution in [0.1, 0.15) is 66.6 Å². The average Bonchev–Trinajstić information content (AvgIpc) is 2.81. The fourth-order valence-electron chi connectivity index (χ4n) is 7.67. The maximum Gasteiger partial charge on any atom is 0.573 e. The van der Waals surface area contributed by atoms with Gasteiger partial charge in [-0.05, 0) is 86.3 Å². The van der Waals surface area contributed by atoms with Crippen molar-refractivity contribution < 1.29 is 27.5 Å². The monoisotopic (exact) mass is 514 g/mol. The highest BCUT2D eigenvalue weighted by Crippen LogP contribution is 2.61. The van der Waals surface area contributed by atoms with Gasteiger partial charge in [-0.2, -0.15) is 0 Å². The van der Waals surface area contributed by atoms with Crippen molar-refractivity contribution in [1.29, 1.82) is 0 Å². The van der Waals surface area contributed by atoms with E-state index in [9.17, 15) is 22.8 Å². The summed E-state index contributed by atoms with van der Waals surface area (Å²) in [5.41, 5.74) is 1.66. The third kappa shape index (κ3) is 5.02. The minimum atomic E-state index is -4.83. The highest BCUT2D eigenvalue weighted by Gasteiger charge is 2.51. The zero-order valence-electron chi connectivity index (χ0n) is 20.4. The van der Waals surface area contributed by atoms with E-state index in [-0.39, 0.29) is 23.4 Å². The van der Waals surface area contributed by atoms with Gasteiger partial charge in [-0.3, -0.25) is 9.59 Å². The van der Waals surface area contributed by atoms with Crippen LogP contribution in [-0.2, 0) is 17.8 Å². The van der Waals surface area contributed by atoms with E-state index < -0.39 is 18.0 Å². The molecule has 0 atom stereocenters. The molecule has 2 heterocycles. The van der Waals surface area contributed by atoms with Gasteiger partial charge in [0.15, 0.2) is 0 Å². The molecule has 196 valence electrons. The topological polar surface area (TPSA) is 84.4 Å². The zero-order valence-corrected chi connectivity index (χ0v) is 20.4. The molecule has 4 bridgehead atoms. The Morgan fingerprint density at radius 1 is 1.08 bits per heavy atom. The van der Waals surface area contributed by atoms with E-state index >= 15 is 0 Å². The van der Waals surface area contributed by atoms with Crippen molar-refractivity contribution in [2.24, 2.45) is 23.2 Å². The Morgan fingerprint density at radius 2 is 1.78 bits per heavy atom. The third-order valence-corrected chi connectivity index (χ3v) is 8.57. The number of benzene rings is 1. The Hall–Kier alpha value is -3.17.